The SMILES string of the molecule is O=C(NCC(O)c1ccccc1)C1CCCCS1. The van der Waals surface area contributed by atoms with Gasteiger partial charge in [-0.2, -0.15) is 0 Å². The summed E-state index contributed by atoms with van der Waals surface area (Å²) in [7, 11) is 0. The highest BCUT2D eigenvalue weighted by Gasteiger charge is 2.22. The highest BCUT2D eigenvalue weighted by Crippen LogP contribution is 2.25. The van der Waals surface area contributed by atoms with Gasteiger partial charge in [0.1, 0.15) is 0 Å². The van der Waals surface area contributed by atoms with E-state index in [4.69, 9.17) is 0 Å². The number of rotatable bonds is 4. The van der Waals surface area contributed by atoms with E-state index in [0.717, 1.165) is 24.2 Å². The van der Waals surface area contributed by atoms with Crippen LogP contribution >= 0.6 is 11.8 Å². The molecule has 1 heterocycles. The van der Waals surface area contributed by atoms with Gasteiger partial charge in [-0.3, -0.25) is 4.79 Å². The second-order valence-corrected chi connectivity index (χ2v) is 5.84. The maximum absolute atomic E-state index is 11.9. The van der Waals surface area contributed by atoms with Crippen LogP contribution in [-0.2, 0) is 4.79 Å². The fourth-order valence-electron chi connectivity index (χ4n) is 2.05. The summed E-state index contributed by atoms with van der Waals surface area (Å²) in [5, 5.41) is 12.9. The third kappa shape index (κ3) is 3.75. The molecule has 2 atom stereocenters. The monoisotopic (exact) mass is 265 g/mol. The van der Waals surface area contributed by atoms with Crippen molar-refractivity contribution in [3.05, 3.63) is 35.9 Å². The van der Waals surface area contributed by atoms with E-state index in [1.807, 2.05) is 30.3 Å². The van der Waals surface area contributed by atoms with Crippen molar-refractivity contribution in [2.75, 3.05) is 12.3 Å². The van der Waals surface area contributed by atoms with Crippen LogP contribution in [0.3, 0.4) is 0 Å². The normalized spacial score (nSPS) is 21.3. The lowest BCUT2D eigenvalue weighted by atomic mass is 10.1. The van der Waals surface area contributed by atoms with E-state index in [1.165, 1.54) is 6.42 Å². The highest BCUT2D eigenvalue weighted by atomic mass is 32.2. The molecule has 0 aromatic heterocycles. The Kier molecular flexibility index (Phi) is 5.08. The zero-order valence-electron chi connectivity index (χ0n) is 10.3. The molecule has 2 rings (SSSR count). The Morgan fingerprint density at radius 2 is 2.17 bits per heavy atom. The number of aliphatic hydroxyl groups excluding tert-OH is 1. The third-order valence-corrected chi connectivity index (χ3v) is 4.50. The standard InChI is InChI=1S/C14H19NO2S/c16-12(11-6-2-1-3-7-11)10-15-14(17)13-8-4-5-9-18-13/h1-3,6-7,12-13,16H,4-5,8-10H2,(H,15,17). The van der Waals surface area contributed by atoms with E-state index in [9.17, 15) is 9.90 Å². The number of hydrogen-bond acceptors (Lipinski definition) is 3. The van der Waals surface area contributed by atoms with Crippen molar-refractivity contribution < 1.29 is 9.90 Å². The van der Waals surface area contributed by atoms with E-state index < -0.39 is 6.10 Å². The Morgan fingerprint density at radius 3 is 2.83 bits per heavy atom. The molecule has 1 aromatic rings. The van der Waals surface area contributed by atoms with Crippen LogP contribution in [0, 0.1) is 0 Å². The van der Waals surface area contributed by atoms with Gasteiger partial charge < -0.3 is 10.4 Å². The molecule has 0 saturated carbocycles. The Bertz CT molecular complexity index is 377. The van der Waals surface area contributed by atoms with Crippen LogP contribution in [0.4, 0.5) is 0 Å². The number of carbonyl (C=O) groups is 1. The van der Waals surface area contributed by atoms with Gasteiger partial charge in [-0.15, -0.1) is 11.8 Å². The van der Waals surface area contributed by atoms with Crippen molar-refractivity contribution in [3.8, 4) is 0 Å². The Balaban J connectivity index is 1.78. The molecule has 1 aliphatic heterocycles. The number of amides is 1. The minimum Gasteiger partial charge on any atom is -0.387 e. The molecular weight excluding hydrogens is 246 g/mol. The van der Waals surface area contributed by atoms with E-state index in [-0.39, 0.29) is 11.2 Å². The van der Waals surface area contributed by atoms with E-state index in [0.29, 0.717) is 6.54 Å². The molecule has 3 nitrogen and oxygen atoms in total. The van der Waals surface area contributed by atoms with Crippen LogP contribution in [-0.4, -0.2) is 28.6 Å². The molecule has 1 fully saturated rings. The molecule has 1 aromatic carbocycles. The highest BCUT2D eigenvalue weighted by molar-refractivity contribution is 8.00. The predicted octanol–water partition coefficient (Wildman–Crippen LogP) is 2.12. The molecule has 0 radical (unpaired) electrons. The van der Waals surface area contributed by atoms with Crippen molar-refractivity contribution in [3.63, 3.8) is 0 Å². The molecule has 0 spiro atoms. The molecule has 2 unspecified atom stereocenters. The molecule has 98 valence electrons. The summed E-state index contributed by atoms with van der Waals surface area (Å²) < 4.78 is 0. The molecule has 0 aliphatic carbocycles. The Hall–Kier alpha value is -1.00. The lowest BCUT2D eigenvalue weighted by Gasteiger charge is -2.21. The first-order valence-electron chi connectivity index (χ1n) is 6.39. The summed E-state index contributed by atoms with van der Waals surface area (Å²) >= 11 is 1.73. The molecule has 4 heteroatoms. The molecule has 1 amide bonds. The van der Waals surface area contributed by atoms with E-state index in [1.54, 1.807) is 11.8 Å². The number of thioether (sulfide) groups is 1. The van der Waals surface area contributed by atoms with Crippen LogP contribution < -0.4 is 5.32 Å². The average molecular weight is 265 g/mol. The Morgan fingerprint density at radius 1 is 1.39 bits per heavy atom. The van der Waals surface area contributed by atoms with E-state index >= 15 is 0 Å². The number of benzene rings is 1. The zero-order valence-corrected chi connectivity index (χ0v) is 11.2. The van der Waals surface area contributed by atoms with Gasteiger partial charge in [-0.25, -0.2) is 0 Å². The number of hydrogen-bond donors (Lipinski definition) is 2. The van der Waals surface area contributed by atoms with Crippen LogP contribution in [0.1, 0.15) is 30.9 Å². The van der Waals surface area contributed by atoms with Crippen LogP contribution in [0.25, 0.3) is 0 Å². The van der Waals surface area contributed by atoms with Gasteiger partial charge in [0.25, 0.3) is 0 Å². The maximum atomic E-state index is 11.9. The molecule has 2 N–H and O–H groups in total. The second-order valence-electron chi connectivity index (χ2n) is 4.53. The van der Waals surface area contributed by atoms with Crippen molar-refractivity contribution in [2.45, 2.75) is 30.6 Å². The summed E-state index contributed by atoms with van der Waals surface area (Å²) in [5.41, 5.74) is 0.842. The summed E-state index contributed by atoms with van der Waals surface area (Å²) in [6.45, 7) is 0.292. The molecule has 1 aliphatic rings. The van der Waals surface area contributed by atoms with Gasteiger partial charge >= 0.3 is 0 Å². The first-order chi connectivity index (χ1) is 8.77. The van der Waals surface area contributed by atoms with Gasteiger partial charge in [0, 0.05) is 6.54 Å². The first kappa shape index (κ1) is 13.4. The minimum absolute atomic E-state index is 0.0645. The fraction of sp³-hybridized carbons (Fsp3) is 0.500. The summed E-state index contributed by atoms with van der Waals surface area (Å²) in [4.78, 5) is 11.9. The third-order valence-electron chi connectivity index (χ3n) is 3.13. The zero-order chi connectivity index (χ0) is 12.8. The second kappa shape index (κ2) is 6.81. The van der Waals surface area contributed by atoms with Gasteiger partial charge in [0.2, 0.25) is 5.91 Å². The fourth-order valence-corrected chi connectivity index (χ4v) is 3.27. The number of nitrogens with one attached hydrogen (secondary N) is 1. The van der Waals surface area contributed by atoms with Crippen LogP contribution in [0.15, 0.2) is 30.3 Å². The van der Waals surface area contributed by atoms with Crippen LogP contribution in [0.5, 0.6) is 0 Å². The summed E-state index contributed by atoms with van der Waals surface area (Å²) in [6, 6.07) is 9.42. The number of carbonyl (C=O) groups excluding carboxylic acids is 1. The molecular formula is C14H19NO2S. The van der Waals surface area contributed by atoms with Gasteiger partial charge in [-0.1, -0.05) is 36.8 Å². The van der Waals surface area contributed by atoms with Gasteiger partial charge in [0.05, 0.1) is 11.4 Å². The summed E-state index contributed by atoms with van der Waals surface area (Å²) in [5.74, 6) is 1.13. The molecule has 0 bridgehead atoms. The van der Waals surface area contributed by atoms with E-state index in [2.05, 4.69) is 5.32 Å². The lowest BCUT2D eigenvalue weighted by Crippen LogP contribution is -2.36. The topological polar surface area (TPSA) is 49.3 Å². The maximum Gasteiger partial charge on any atom is 0.233 e. The van der Waals surface area contributed by atoms with Gasteiger partial charge in [-0.05, 0) is 24.2 Å². The summed E-state index contributed by atoms with van der Waals surface area (Å²) in [6.07, 6.45) is 2.68. The van der Waals surface area contributed by atoms with Gasteiger partial charge in [0.15, 0.2) is 0 Å². The van der Waals surface area contributed by atoms with Crippen molar-refractivity contribution in [1.82, 2.24) is 5.32 Å². The number of aliphatic hydroxyl groups is 1. The first-order valence-corrected chi connectivity index (χ1v) is 7.44. The average Bonchev–Trinajstić information content (AvgIpc) is 2.46. The van der Waals surface area contributed by atoms with Crippen molar-refractivity contribution in [2.24, 2.45) is 0 Å². The lowest BCUT2D eigenvalue weighted by molar-refractivity contribution is -0.121. The minimum atomic E-state index is -0.622. The largest absolute Gasteiger partial charge is 0.387 e. The van der Waals surface area contributed by atoms with Crippen molar-refractivity contribution in [1.29, 1.82) is 0 Å². The molecule has 18 heavy (non-hydrogen) atoms. The van der Waals surface area contributed by atoms with Crippen molar-refractivity contribution >= 4 is 17.7 Å². The quantitative estimate of drug-likeness (QED) is 0.876. The Labute approximate surface area is 112 Å². The predicted molar refractivity (Wildman–Crippen MR) is 74.5 cm³/mol. The van der Waals surface area contributed by atoms with Crippen LogP contribution in [0.2, 0.25) is 0 Å². The molecule has 1 saturated heterocycles. The smallest absolute Gasteiger partial charge is 0.233 e.